The molecule has 1 aromatic carbocycles. The van der Waals surface area contributed by atoms with Crippen molar-refractivity contribution in [3.8, 4) is 0 Å². The molecule has 0 aliphatic heterocycles. The molecule has 3 heteroatoms. The zero-order valence-corrected chi connectivity index (χ0v) is 11.8. The Balaban J connectivity index is 2.65. The summed E-state index contributed by atoms with van der Waals surface area (Å²) in [6.07, 6.45) is 0.908. The molecular formula is C15H24FNO. The van der Waals surface area contributed by atoms with Crippen LogP contribution in [0.2, 0.25) is 0 Å². The van der Waals surface area contributed by atoms with Crippen LogP contribution in [0.25, 0.3) is 0 Å². The summed E-state index contributed by atoms with van der Waals surface area (Å²) in [6.45, 7) is 8.76. The van der Waals surface area contributed by atoms with E-state index < -0.39 is 0 Å². The van der Waals surface area contributed by atoms with E-state index in [1.54, 1.807) is 19.1 Å². The number of benzene rings is 1. The topological polar surface area (TPSA) is 32.3 Å². The molecule has 0 aromatic heterocycles. The number of aryl methyl sites for hydroxylation is 1. The van der Waals surface area contributed by atoms with E-state index in [2.05, 4.69) is 12.2 Å². The van der Waals surface area contributed by atoms with Crippen molar-refractivity contribution in [1.82, 2.24) is 5.32 Å². The Bertz CT molecular complexity index is 388. The lowest BCUT2D eigenvalue weighted by Crippen LogP contribution is -2.35. The van der Waals surface area contributed by atoms with Gasteiger partial charge in [0.05, 0.1) is 0 Å². The first-order chi connectivity index (χ1) is 8.41. The monoisotopic (exact) mass is 253 g/mol. The van der Waals surface area contributed by atoms with Crippen LogP contribution in [0.5, 0.6) is 0 Å². The molecule has 0 amide bonds. The van der Waals surface area contributed by atoms with Crippen molar-refractivity contribution in [1.29, 1.82) is 0 Å². The molecule has 2 nitrogen and oxygen atoms in total. The van der Waals surface area contributed by atoms with Gasteiger partial charge < -0.3 is 10.4 Å². The van der Waals surface area contributed by atoms with Gasteiger partial charge in [-0.2, -0.15) is 0 Å². The molecule has 0 saturated heterocycles. The van der Waals surface area contributed by atoms with E-state index in [0.29, 0.717) is 5.56 Å². The number of rotatable bonds is 6. The first-order valence-corrected chi connectivity index (χ1v) is 6.52. The van der Waals surface area contributed by atoms with Crippen molar-refractivity contribution in [2.45, 2.75) is 40.2 Å². The highest BCUT2D eigenvalue weighted by Gasteiger charge is 2.21. The number of aliphatic hydroxyl groups is 1. The van der Waals surface area contributed by atoms with Crippen LogP contribution < -0.4 is 5.32 Å². The van der Waals surface area contributed by atoms with Crippen LogP contribution in [0, 0.1) is 18.2 Å². The van der Waals surface area contributed by atoms with Gasteiger partial charge in [0.1, 0.15) is 5.82 Å². The van der Waals surface area contributed by atoms with Crippen molar-refractivity contribution in [2.24, 2.45) is 5.41 Å². The average molecular weight is 253 g/mol. The van der Waals surface area contributed by atoms with E-state index in [0.717, 1.165) is 18.5 Å². The summed E-state index contributed by atoms with van der Waals surface area (Å²) in [7, 11) is 0. The van der Waals surface area contributed by atoms with Gasteiger partial charge >= 0.3 is 0 Å². The summed E-state index contributed by atoms with van der Waals surface area (Å²) in [4.78, 5) is 0. The molecule has 0 saturated carbocycles. The molecule has 1 aromatic rings. The number of nitrogens with one attached hydrogen (secondary N) is 1. The van der Waals surface area contributed by atoms with Crippen LogP contribution in [-0.2, 0) is 0 Å². The van der Waals surface area contributed by atoms with Crippen LogP contribution >= 0.6 is 0 Å². The predicted octanol–water partition coefficient (Wildman–Crippen LogP) is 3.19. The largest absolute Gasteiger partial charge is 0.396 e. The molecule has 0 spiro atoms. The lowest BCUT2D eigenvalue weighted by Gasteiger charge is -2.28. The minimum Gasteiger partial charge on any atom is -0.396 e. The fourth-order valence-corrected chi connectivity index (χ4v) is 1.69. The molecular weight excluding hydrogens is 229 g/mol. The lowest BCUT2D eigenvalue weighted by atomic mass is 9.88. The number of hydrogen-bond acceptors (Lipinski definition) is 2. The quantitative estimate of drug-likeness (QED) is 0.816. The van der Waals surface area contributed by atoms with Crippen LogP contribution in [0.3, 0.4) is 0 Å². The molecule has 102 valence electrons. The van der Waals surface area contributed by atoms with Crippen molar-refractivity contribution in [3.63, 3.8) is 0 Å². The van der Waals surface area contributed by atoms with E-state index >= 15 is 0 Å². The Kier molecular flexibility index (Phi) is 5.29. The van der Waals surface area contributed by atoms with Gasteiger partial charge in [-0.3, -0.25) is 0 Å². The minimum absolute atomic E-state index is 0.0810. The van der Waals surface area contributed by atoms with Crippen molar-refractivity contribution >= 4 is 0 Å². The van der Waals surface area contributed by atoms with Gasteiger partial charge in [0.15, 0.2) is 0 Å². The molecule has 0 heterocycles. The van der Waals surface area contributed by atoms with Crippen LogP contribution in [0.15, 0.2) is 18.2 Å². The van der Waals surface area contributed by atoms with E-state index in [4.69, 9.17) is 0 Å². The highest BCUT2D eigenvalue weighted by Crippen LogP contribution is 2.21. The third-order valence-corrected chi connectivity index (χ3v) is 3.77. The Morgan fingerprint density at radius 2 is 2.11 bits per heavy atom. The highest BCUT2D eigenvalue weighted by atomic mass is 19.1. The maximum Gasteiger partial charge on any atom is 0.126 e. The van der Waals surface area contributed by atoms with E-state index in [-0.39, 0.29) is 23.9 Å². The van der Waals surface area contributed by atoms with Gasteiger partial charge in [-0.1, -0.05) is 26.0 Å². The second-order valence-corrected chi connectivity index (χ2v) is 5.43. The molecule has 2 N–H and O–H groups in total. The summed E-state index contributed by atoms with van der Waals surface area (Å²) >= 11 is 0. The molecule has 0 fully saturated rings. The molecule has 2 unspecified atom stereocenters. The van der Waals surface area contributed by atoms with Crippen molar-refractivity contribution in [2.75, 3.05) is 13.2 Å². The number of aliphatic hydroxyl groups excluding tert-OH is 1. The second kappa shape index (κ2) is 6.30. The zero-order chi connectivity index (χ0) is 13.8. The Hall–Kier alpha value is -0.930. The van der Waals surface area contributed by atoms with Crippen molar-refractivity contribution < 1.29 is 9.50 Å². The van der Waals surface area contributed by atoms with E-state index in [1.807, 2.05) is 19.9 Å². The standard InChI is InChI=1S/C15H24FNO/c1-5-15(4,10-18)9-17-12(3)13-7-6-11(2)14(16)8-13/h6-8,12,17-18H,5,9-10H2,1-4H3. The van der Waals surface area contributed by atoms with E-state index in [1.165, 1.54) is 0 Å². The summed E-state index contributed by atoms with van der Waals surface area (Å²) in [5.74, 6) is -0.165. The fraction of sp³-hybridized carbons (Fsp3) is 0.600. The van der Waals surface area contributed by atoms with Gasteiger partial charge in [0.25, 0.3) is 0 Å². The first-order valence-electron chi connectivity index (χ1n) is 6.52. The highest BCUT2D eigenvalue weighted by molar-refractivity contribution is 5.25. The van der Waals surface area contributed by atoms with Crippen LogP contribution in [0.4, 0.5) is 4.39 Å². The Morgan fingerprint density at radius 1 is 1.44 bits per heavy atom. The van der Waals surface area contributed by atoms with Gasteiger partial charge in [0.2, 0.25) is 0 Å². The smallest absolute Gasteiger partial charge is 0.126 e. The summed E-state index contributed by atoms with van der Waals surface area (Å²) in [6, 6.07) is 5.40. The maximum atomic E-state index is 13.5. The predicted molar refractivity (Wildman–Crippen MR) is 73.0 cm³/mol. The molecule has 0 aliphatic rings. The Labute approximate surface area is 109 Å². The zero-order valence-electron chi connectivity index (χ0n) is 11.8. The van der Waals surface area contributed by atoms with Crippen LogP contribution in [-0.4, -0.2) is 18.3 Å². The molecule has 1 rings (SSSR count). The molecule has 0 aliphatic carbocycles. The van der Waals surface area contributed by atoms with Crippen molar-refractivity contribution in [3.05, 3.63) is 35.1 Å². The third-order valence-electron chi connectivity index (χ3n) is 3.77. The normalized spacial score (nSPS) is 16.3. The van der Waals surface area contributed by atoms with Gasteiger partial charge in [0, 0.05) is 24.6 Å². The first kappa shape index (κ1) is 15.1. The molecule has 2 atom stereocenters. The lowest BCUT2D eigenvalue weighted by molar-refractivity contribution is 0.132. The second-order valence-electron chi connectivity index (χ2n) is 5.43. The molecule has 18 heavy (non-hydrogen) atoms. The molecule has 0 bridgehead atoms. The third kappa shape index (κ3) is 3.79. The summed E-state index contributed by atoms with van der Waals surface area (Å²) in [5.41, 5.74) is 1.49. The minimum atomic E-state index is -0.165. The number of halogens is 1. The van der Waals surface area contributed by atoms with E-state index in [9.17, 15) is 9.50 Å². The van der Waals surface area contributed by atoms with Gasteiger partial charge in [-0.15, -0.1) is 0 Å². The fourth-order valence-electron chi connectivity index (χ4n) is 1.69. The summed E-state index contributed by atoms with van der Waals surface area (Å²) < 4.78 is 13.5. The summed E-state index contributed by atoms with van der Waals surface area (Å²) in [5, 5.41) is 12.7. The van der Waals surface area contributed by atoms with Gasteiger partial charge in [-0.25, -0.2) is 4.39 Å². The SMILES string of the molecule is CCC(C)(CO)CNC(C)c1ccc(C)c(F)c1. The van der Waals surface area contributed by atoms with Crippen LogP contribution in [0.1, 0.15) is 44.4 Å². The number of hydrogen-bond donors (Lipinski definition) is 2. The molecule has 0 radical (unpaired) electrons. The maximum absolute atomic E-state index is 13.5. The Morgan fingerprint density at radius 3 is 2.61 bits per heavy atom. The van der Waals surface area contributed by atoms with Gasteiger partial charge in [-0.05, 0) is 37.5 Å². The average Bonchev–Trinajstić information content (AvgIpc) is 2.38.